The lowest BCUT2D eigenvalue weighted by Crippen LogP contribution is -2.46. The molecule has 0 spiro atoms. The van der Waals surface area contributed by atoms with Gasteiger partial charge in [-0.05, 0) is 44.5 Å². The lowest BCUT2D eigenvalue weighted by atomic mass is 10.1. The molecular weight excluding hydrogens is 362 g/mol. The van der Waals surface area contributed by atoms with E-state index in [4.69, 9.17) is 5.26 Å². The highest BCUT2D eigenvalue weighted by Gasteiger charge is 2.20. The molecule has 0 amide bonds. The van der Waals surface area contributed by atoms with E-state index >= 15 is 0 Å². The van der Waals surface area contributed by atoms with Gasteiger partial charge < -0.3 is 4.90 Å². The lowest BCUT2D eigenvalue weighted by molar-refractivity contribution is 0.249. The minimum atomic E-state index is 0.705. The Morgan fingerprint density at radius 2 is 1.62 bits per heavy atom. The summed E-state index contributed by atoms with van der Waals surface area (Å²) in [6.07, 6.45) is 0. The van der Waals surface area contributed by atoms with Gasteiger partial charge in [0.1, 0.15) is 11.6 Å². The Balaban J connectivity index is 1.44. The van der Waals surface area contributed by atoms with Crippen LogP contribution in [0.3, 0.4) is 0 Å². The minimum Gasteiger partial charge on any atom is -0.354 e. The summed E-state index contributed by atoms with van der Waals surface area (Å²) in [5, 5.41) is 13.5. The van der Waals surface area contributed by atoms with Crippen LogP contribution in [0.15, 0.2) is 36.4 Å². The molecule has 3 heterocycles. The molecule has 7 heteroatoms. The van der Waals surface area contributed by atoms with Crippen molar-refractivity contribution in [1.82, 2.24) is 24.6 Å². The molecule has 148 valence electrons. The Hall–Kier alpha value is -3.24. The van der Waals surface area contributed by atoms with Gasteiger partial charge in [0.2, 0.25) is 0 Å². The molecule has 4 rings (SSSR count). The van der Waals surface area contributed by atoms with E-state index in [1.165, 1.54) is 5.56 Å². The molecule has 1 saturated heterocycles. The fourth-order valence-corrected chi connectivity index (χ4v) is 3.75. The molecule has 1 aliphatic heterocycles. The van der Waals surface area contributed by atoms with Crippen LogP contribution in [0.25, 0.3) is 5.82 Å². The van der Waals surface area contributed by atoms with Crippen LogP contribution in [0.2, 0.25) is 0 Å². The number of nitriles is 1. The summed E-state index contributed by atoms with van der Waals surface area (Å²) in [4.78, 5) is 14.0. The van der Waals surface area contributed by atoms with Gasteiger partial charge in [-0.25, -0.2) is 14.6 Å². The third-order valence-corrected chi connectivity index (χ3v) is 5.22. The molecule has 0 unspecified atom stereocenters. The van der Waals surface area contributed by atoms with Crippen LogP contribution in [0.4, 0.5) is 5.82 Å². The highest BCUT2D eigenvalue weighted by Crippen LogP contribution is 2.19. The zero-order valence-electron chi connectivity index (χ0n) is 17.1. The Morgan fingerprint density at radius 1 is 0.931 bits per heavy atom. The van der Waals surface area contributed by atoms with Gasteiger partial charge in [0, 0.05) is 44.5 Å². The van der Waals surface area contributed by atoms with Gasteiger partial charge in [0.05, 0.1) is 17.3 Å². The molecule has 3 aromatic rings. The Labute approximate surface area is 171 Å². The van der Waals surface area contributed by atoms with Crippen molar-refractivity contribution >= 4 is 5.82 Å². The van der Waals surface area contributed by atoms with Gasteiger partial charge in [0.15, 0.2) is 5.82 Å². The molecule has 1 aliphatic rings. The number of anilines is 1. The third-order valence-electron chi connectivity index (χ3n) is 5.22. The summed E-state index contributed by atoms with van der Waals surface area (Å²) in [5.41, 5.74) is 3.99. The maximum Gasteiger partial charge on any atom is 0.159 e. The summed E-state index contributed by atoms with van der Waals surface area (Å²) in [5.74, 6) is 2.53. The quantitative estimate of drug-likeness (QED) is 0.685. The van der Waals surface area contributed by atoms with E-state index in [9.17, 15) is 0 Å². The zero-order chi connectivity index (χ0) is 20.4. The Kier molecular flexibility index (Phi) is 5.28. The van der Waals surface area contributed by atoms with Crippen molar-refractivity contribution in [2.75, 3.05) is 31.1 Å². The molecule has 0 N–H and O–H groups in total. The molecule has 1 fully saturated rings. The highest BCUT2D eigenvalue weighted by atomic mass is 15.3. The summed E-state index contributed by atoms with van der Waals surface area (Å²) < 4.78 is 1.88. The summed E-state index contributed by atoms with van der Waals surface area (Å²) >= 11 is 0. The van der Waals surface area contributed by atoms with Crippen molar-refractivity contribution in [2.45, 2.75) is 27.3 Å². The smallest absolute Gasteiger partial charge is 0.159 e. The first-order chi connectivity index (χ1) is 14.0. The second-order valence-electron chi connectivity index (χ2n) is 7.54. The first-order valence-corrected chi connectivity index (χ1v) is 9.87. The Morgan fingerprint density at radius 3 is 2.24 bits per heavy atom. The number of nitrogens with zero attached hydrogens (tertiary/aromatic N) is 7. The number of aryl methyl sites for hydroxylation is 3. The first-order valence-electron chi connectivity index (χ1n) is 9.87. The van der Waals surface area contributed by atoms with Crippen LogP contribution in [0, 0.1) is 32.1 Å². The molecule has 0 atom stereocenters. The minimum absolute atomic E-state index is 0.705. The van der Waals surface area contributed by atoms with E-state index < -0.39 is 0 Å². The standard InChI is InChI=1S/C22H25N7/c1-16-12-17(2)29(26-16)22-13-21(24-18(3)25-22)28-10-8-27(9-11-28)15-20-6-4-19(14-23)5-7-20/h4-7,12-13H,8-11,15H2,1-3H3. The fraction of sp³-hybridized carbons (Fsp3) is 0.364. The van der Waals surface area contributed by atoms with E-state index in [0.29, 0.717) is 5.56 Å². The number of hydrogen-bond donors (Lipinski definition) is 0. The normalized spacial score (nSPS) is 14.8. The Bertz CT molecular complexity index is 1040. The third kappa shape index (κ3) is 4.28. The molecule has 29 heavy (non-hydrogen) atoms. The maximum absolute atomic E-state index is 8.93. The maximum atomic E-state index is 8.93. The molecule has 0 radical (unpaired) electrons. The SMILES string of the molecule is Cc1cc(C)n(-c2cc(N3CCN(Cc4ccc(C#N)cc4)CC3)nc(C)n2)n1. The van der Waals surface area contributed by atoms with Crippen LogP contribution in [0.5, 0.6) is 0 Å². The predicted octanol–water partition coefficient (Wildman–Crippen LogP) is 2.78. The molecule has 0 aliphatic carbocycles. The average Bonchev–Trinajstić information content (AvgIpc) is 3.07. The largest absolute Gasteiger partial charge is 0.354 e. The van der Waals surface area contributed by atoms with E-state index in [-0.39, 0.29) is 0 Å². The van der Waals surface area contributed by atoms with Crippen molar-refractivity contribution in [1.29, 1.82) is 5.26 Å². The predicted molar refractivity (Wildman–Crippen MR) is 112 cm³/mol. The lowest BCUT2D eigenvalue weighted by Gasteiger charge is -2.35. The second-order valence-corrected chi connectivity index (χ2v) is 7.54. The van der Waals surface area contributed by atoms with E-state index in [0.717, 1.165) is 61.6 Å². The van der Waals surface area contributed by atoms with Gasteiger partial charge in [-0.2, -0.15) is 10.4 Å². The molecule has 0 bridgehead atoms. The van der Waals surface area contributed by atoms with Crippen molar-refractivity contribution in [3.05, 3.63) is 64.7 Å². The fourth-order valence-electron chi connectivity index (χ4n) is 3.75. The van der Waals surface area contributed by atoms with Crippen LogP contribution in [0.1, 0.15) is 28.3 Å². The summed E-state index contributed by atoms with van der Waals surface area (Å²) in [7, 11) is 0. The van der Waals surface area contributed by atoms with Crippen molar-refractivity contribution in [3.8, 4) is 11.9 Å². The topological polar surface area (TPSA) is 73.9 Å². The highest BCUT2D eigenvalue weighted by molar-refractivity contribution is 5.45. The molecule has 1 aromatic carbocycles. The number of benzene rings is 1. The second kappa shape index (κ2) is 8.02. The summed E-state index contributed by atoms with van der Waals surface area (Å²) in [6.45, 7) is 10.6. The molecular formula is C22H25N7. The van der Waals surface area contributed by atoms with Crippen molar-refractivity contribution in [2.24, 2.45) is 0 Å². The average molecular weight is 387 g/mol. The van der Waals surface area contributed by atoms with E-state index in [2.05, 4.69) is 37.0 Å². The number of hydrogen-bond acceptors (Lipinski definition) is 6. The van der Waals surface area contributed by atoms with Gasteiger partial charge in [-0.15, -0.1) is 0 Å². The molecule has 7 nitrogen and oxygen atoms in total. The zero-order valence-corrected chi connectivity index (χ0v) is 17.1. The van der Waals surface area contributed by atoms with Crippen molar-refractivity contribution < 1.29 is 0 Å². The number of piperazine rings is 1. The van der Waals surface area contributed by atoms with Gasteiger partial charge >= 0.3 is 0 Å². The number of rotatable bonds is 4. The first kappa shape index (κ1) is 19.1. The molecule has 2 aromatic heterocycles. The van der Waals surface area contributed by atoms with Gasteiger partial charge in [-0.3, -0.25) is 4.90 Å². The van der Waals surface area contributed by atoms with Crippen LogP contribution >= 0.6 is 0 Å². The van der Waals surface area contributed by atoms with Crippen molar-refractivity contribution in [3.63, 3.8) is 0 Å². The van der Waals surface area contributed by atoms with Crippen LogP contribution < -0.4 is 4.90 Å². The van der Waals surface area contributed by atoms with Gasteiger partial charge in [0.25, 0.3) is 0 Å². The monoisotopic (exact) mass is 387 g/mol. The van der Waals surface area contributed by atoms with Crippen LogP contribution in [-0.4, -0.2) is 50.8 Å². The van der Waals surface area contributed by atoms with Crippen LogP contribution in [-0.2, 0) is 6.54 Å². The van der Waals surface area contributed by atoms with E-state index in [1.807, 2.05) is 55.8 Å². The number of aromatic nitrogens is 4. The van der Waals surface area contributed by atoms with E-state index in [1.54, 1.807) is 0 Å². The molecule has 0 saturated carbocycles. The summed E-state index contributed by atoms with van der Waals surface area (Å²) in [6, 6.07) is 14.1. The van der Waals surface area contributed by atoms with Gasteiger partial charge in [-0.1, -0.05) is 12.1 Å².